The number of ether oxygens (including phenoxy) is 1. The van der Waals surface area contributed by atoms with Crippen molar-refractivity contribution in [1.29, 1.82) is 0 Å². The van der Waals surface area contributed by atoms with E-state index in [4.69, 9.17) is 0 Å². The molecule has 0 heterocycles. The number of rotatable bonds is 2. The maximum atomic E-state index is 13.3. The Morgan fingerprint density at radius 2 is 1.50 bits per heavy atom. The largest absolute Gasteiger partial charge is 0.491 e. The van der Waals surface area contributed by atoms with Crippen LogP contribution in [0.15, 0.2) is 42.5 Å². The monoisotopic (exact) mass is 345 g/mol. The Bertz CT molecular complexity index is 772. The molecule has 24 heavy (non-hydrogen) atoms. The molecule has 0 saturated carbocycles. The van der Waals surface area contributed by atoms with Gasteiger partial charge in [0.05, 0.1) is 5.69 Å². The summed E-state index contributed by atoms with van der Waals surface area (Å²) in [5, 5.41) is 1.85. The summed E-state index contributed by atoms with van der Waals surface area (Å²) in [6, 6.07) is 7.93. The number of anilines is 1. The Hall–Kier alpha value is -2.97. The van der Waals surface area contributed by atoms with E-state index in [0.29, 0.717) is 5.56 Å². The highest BCUT2D eigenvalue weighted by Gasteiger charge is 2.42. The number of carbonyl (C=O) groups is 2. The van der Waals surface area contributed by atoms with E-state index in [1.807, 2.05) is 5.32 Å². The van der Waals surface area contributed by atoms with Crippen LogP contribution in [0.4, 0.5) is 32.4 Å². The summed E-state index contributed by atoms with van der Waals surface area (Å²) in [6.45, 7) is 0. The third-order valence-electron chi connectivity index (χ3n) is 2.79. The normalized spacial score (nSPS) is 11.0. The minimum absolute atomic E-state index is 0.188. The number of amides is 1. The molecule has 1 amide bonds. The van der Waals surface area contributed by atoms with Crippen LogP contribution in [-0.2, 0) is 9.53 Å². The first-order chi connectivity index (χ1) is 11.2. The highest BCUT2D eigenvalue weighted by Crippen LogP contribution is 2.29. The summed E-state index contributed by atoms with van der Waals surface area (Å²) in [4.78, 5) is 22.0. The van der Waals surface area contributed by atoms with E-state index in [-0.39, 0.29) is 11.3 Å². The van der Waals surface area contributed by atoms with E-state index in [1.54, 1.807) is 0 Å². The number of benzene rings is 2. The van der Waals surface area contributed by atoms with Crippen molar-refractivity contribution in [3.05, 3.63) is 54.1 Å². The first kappa shape index (κ1) is 17.4. The number of carbonyl (C=O) groups excluding carboxylic acids is 2. The molecule has 2 rings (SSSR count). The van der Waals surface area contributed by atoms with Gasteiger partial charge in [-0.3, -0.25) is 5.32 Å². The molecule has 0 spiro atoms. The molecule has 2 aromatic carbocycles. The van der Waals surface area contributed by atoms with Gasteiger partial charge in [-0.1, -0.05) is 12.1 Å². The molecule has 0 aliphatic heterocycles. The second-order valence-electron chi connectivity index (χ2n) is 4.50. The van der Waals surface area contributed by atoms with Crippen LogP contribution in [0.1, 0.15) is 0 Å². The van der Waals surface area contributed by atoms with Crippen molar-refractivity contribution in [1.82, 2.24) is 0 Å². The van der Waals surface area contributed by atoms with Gasteiger partial charge in [-0.15, -0.1) is 0 Å². The average molecular weight is 345 g/mol. The van der Waals surface area contributed by atoms with Crippen LogP contribution in [0.2, 0.25) is 0 Å². The number of hydrogen-bond acceptors (Lipinski definition) is 3. The summed E-state index contributed by atoms with van der Waals surface area (Å²) in [5.74, 6) is -4.04. The first-order valence-electron chi connectivity index (χ1n) is 6.32. The summed E-state index contributed by atoms with van der Waals surface area (Å²) >= 11 is 0. The van der Waals surface area contributed by atoms with Gasteiger partial charge in [-0.25, -0.2) is 18.4 Å². The number of halogens is 5. The number of alkyl halides is 3. The fourth-order valence-corrected chi connectivity index (χ4v) is 1.78. The highest BCUT2D eigenvalue weighted by atomic mass is 19.4. The minimum Gasteiger partial charge on any atom is -0.369 e. The molecule has 9 heteroatoms. The SMILES string of the molecule is O=C(Nc1cc(F)ccc1-c1ccc(F)cc1)OC(=O)C(F)(F)F. The van der Waals surface area contributed by atoms with Crippen molar-refractivity contribution in [3.63, 3.8) is 0 Å². The van der Waals surface area contributed by atoms with Gasteiger partial charge < -0.3 is 4.74 Å². The number of nitrogens with one attached hydrogen (secondary N) is 1. The highest BCUT2D eigenvalue weighted by molar-refractivity contribution is 5.97. The molecule has 0 unspecified atom stereocenters. The summed E-state index contributed by atoms with van der Waals surface area (Å²) in [7, 11) is 0. The van der Waals surface area contributed by atoms with E-state index in [2.05, 4.69) is 4.74 Å². The van der Waals surface area contributed by atoms with E-state index in [1.165, 1.54) is 18.2 Å². The summed E-state index contributed by atoms with van der Waals surface area (Å²) in [6.07, 6.45) is -7.08. The summed E-state index contributed by atoms with van der Waals surface area (Å²) < 4.78 is 66.0. The Morgan fingerprint density at radius 3 is 2.08 bits per heavy atom. The van der Waals surface area contributed by atoms with Crippen LogP contribution in [-0.4, -0.2) is 18.2 Å². The predicted molar refractivity (Wildman–Crippen MR) is 73.0 cm³/mol. The lowest BCUT2D eigenvalue weighted by Gasteiger charge is -2.12. The van der Waals surface area contributed by atoms with Crippen LogP contribution >= 0.6 is 0 Å². The molecule has 0 aliphatic carbocycles. The van der Waals surface area contributed by atoms with Gasteiger partial charge in [-0.05, 0) is 35.9 Å². The van der Waals surface area contributed by atoms with Crippen molar-refractivity contribution < 1.29 is 36.3 Å². The zero-order chi connectivity index (χ0) is 17.9. The zero-order valence-electron chi connectivity index (χ0n) is 11.7. The van der Waals surface area contributed by atoms with Gasteiger partial charge in [0.25, 0.3) is 0 Å². The third-order valence-corrected chi connectivity index (χ3v) is 2.79. The quantitative estimate of drug-likeness (QED) is 0.502. The lowest BCUT2D eigenvalue weighted by atomic mass is 10.0. The molecule has 0 bridgehead atoms. The Labute approximate surface area is 131 Å². The van der Waals surface area contributed by atoms with Crippen molar-refractivity contribution in [2.75, 3.05) is 5.32 Å². The maximum absolute atomic E-state index is 13.3. The molecular formula is C15H8F5NO3. The Balaban J connectivity index is 2.26. The molecule has 0 atom stereocenters. The van der Waals surface area contributed by atoms with Gasteiger partial charge in [0.1, 0.15) is 11.6 Å². The fraction of sp³-hybridized carbons (Fsp3) is 0.0667. The molecule has 0 aliphatic rings. The third kappa shape index (κ3) is 4.28. The first-order valence-corrected chi connectivity index (χ1v) is 6.32. The summed E-state index contributed by atoms with van der Waals surface area (Å²) in [5.41, 5.74) is 0.295. The van der Waals surface area contributed by atoms with Gasteiger partial charge in [0, 0.05) is 5.56 Å². The number of esters is 1. The molecule has 0 radical (unpaired) electrons. The van der Waals surface area contributed by atoms with Crippen molar-refractivity contribution >= 4 is 17.7 Å². The average Bonchev–Trinajstić information content (AvgIpc) is 2.47. The van der Waals surface area contributed by atoms with Crippen molar-refractivity contribution in [3.8, 4) is 11.1 Å². The smallest absolute Gasteiger partial charge is 0.369 e. The van der Waals surface area contributed by atoms with E-state index in [0.717, 1.165) is 24.3 Å². The Kier molecular flexibility index (Phi) is 4.82. The minimum atomic E-state index is -5.35. The van der Waals surface area contributed by atoms with Crippen LogP contribution in [0.5, 0.6) is 0 Å². The topological polar surface area (TPSA) is 55.4 Å². The molecule has 0 saturated heterocycles. The molecule has 4 nitrogen and oxygen atoms in total. The van der Waals surface area contributed by atoms with E-state index < -0.39 is 29.9 Å². The van der Waals surface area contributed by atoms with Crippen molar-refractivity contribution in [2.24, 2.45) is 0 Å². The number of hydrogen-bond donors (Lipinski definition) is 1. The van der Waals surface area contributed by atoms with Crippen molar-refractivity contribution in [2.45, 2.75) is 6.18 Å². The molecule has 2 aromatic rings. The van der Waals surface area contributed by atoms with E-state index in [9.17, 15) is 31.5 Å². The fourth-order valence-electron chi connectivity index (χ4n) is 1.78. The van der Waals surface area contributed by atoms with Crippen LogP contribution in [0.3, 0.4) is 0 Å². The van der Waals surface area contributed by atoms with Crippen LogP contribution in [0, 0.1) is 11.6 Å². The molecule has 1 N–H and O–H groups in total. The van der Waals surface area contributed by atoms with E-state index >= 15 is 0 Å². The van der Waals surface area contributed by atoms with Gasteiger partial charge in [0.2, 0.25) is 0 Å². The van der Waals surface area contributed by atoms with Gasteiger partial charge in [0.15, 0.2) is 0 Å². The maximum Gasteiger partial charge on any atom is 0.491 e. The van der Waals surface area contributed by atoms with Crippen LogP contribution in [0.25, 0.3) is 11.1 Å². The standard InChI is InChI=1S/C15H8F5NO3/c16-9-3-1-8(2-4-9)11-6-5-10(17)7-12(11)21-14(23)24-13(22)15(18,19)20/h1-7H,(H,21,23). The molecular weight excluding hydrogens is 337 g/mol. The zero-order valence-corrected chi connectivity index (χ0v) is 11.7. The predicted octanol–water partition coefficient (Wildman–Crippen LogP) is 4.27. The van der Waals surface area contributed by atoms with Gasteiger partial charge >= 0.3 is 18.2 Å². The molecule has 126 valence electrons. The lowest BCUT2D eigenvalue weighted by molar-refractivity contribution is -0.192. The second-order valence-corrected chi connectivity index (χ2v) is 4.50. The van der Waals surface area contributed by atoms with Crippen LogP contribution < -0.4 is 5.32 Å². The molecule has 0 aromatic heterocycles. The Morgan fingerprint density at radius 1 is 0.917 bits per heavy atom. The molecule has 0 fully saturated rings. The lowest BCUT2D eigenvalue weighted by Crippen LogP contribution is -2.30. The second kappa shape index (κ2) is 6.65. The van der Waals surface area contributed by atoms with Gasteiger partial charge in [-0.2, -0.15) is 13.2 Å².